The number of hydrogen-bond donors (Lipinski definition) is 0. The van der Waals surface area contributed by atoms with Crippen LogP contribution in [0.5, 0.6) is 0 Å². The van der Waals surface area contributed by atoms with Crippen molar-refractivity contribution in [2.45, 2.75) is 13.0 Å². The summed E-state index contributed by atoms with van der Waals surface area (Å²) < 4.78 is 5.13. The molecule has 0 amide bonds. The molecule has 0 N–H and O–H groups in total. The molecule has 0 radical (unpaired) electrons. The molecule has 1 fully saturated rings. The van der Waals surface area contributed by atoms with Gasteiger partial charge in [-0.15, -0.1) is 11.3 Å². The quantitative estimate of drug-likeness (QED) is 0.805. The zero-order valence-corrected chi connectivity index (χ0v) is 13.7. The van der Waals surface area contributed by atoms with Gasteiger partial charge in [0, 0.05) is 55.0 Å². The summed E-state index contributed by atoms with van der Waals surface area (Å²) in [6, 6.07) is 7.87. The van der Waals surface area contributed by atoms with Crippen LogP contribution in [0.4, 0.5) is 0 Å². The fraction of sp³-hybridized carbons (Fsp3) is 0.438. The van der Waals surface area contributed by atoms with Crippen molar-refractivity contribution in [1.82, 2.24) is 9.88 Å². The average molecular weight is 323 g/mol. The molecule has 0 bridgehead atoms. The van der Waals surface area contributed by atoms with Gasteiger partial charge in [-0.3, -0.25) is 4.90 Å². The number of nitrogens with zero attached hydrogens (tertiary/aromatic N) is 2. The Morgan fingerprint density at radius 2 is 2.10 bits per heavy atom. The van der Waals surface area contributed by atoms with Gasteiger partial charge in [-0.1, -0.05) is 23.7 Å². The molecule has 0 unspecified atom stereocenters. The number of halogens is 1. The van der Waals surface area contributed by atoms with Gasteiger partial charge in [-0.25, -0.2) is 4.98 Å². The van der Waals surface area contributed by atoms with Crippen LogP contribution in [0.3, 0.4) is 0 Å². The molecule has 1 saturated heterocycles. The lowest BCUT2D eigenvalue weighted by Crippen LogP contribution is -2.46. The molecule has 0 atom stereocenters. The molecule has 5 heteroatoms. The second-order valence-electron chi connectivity index (χ2n) is 5.48. The van der Waals surface area contributed by atoms with E-state index >= 15 is 0 Å². The third kappa shape index (κ3) is 3.83. The highest BCUT2D eigenvalue weighted by atomic mass is 35.5. The number of ether oxygens (including phenoxy) is 1. The standard InChI is InChI=1S/C16H19ClN2OS/c1-20-7-6-12-9-19(10-12)11-15-8-18-16(21-15)13-2-4-14(17)5-3-13/h2-5,8,12H,6-7,9-11H2,1H3. The smallest absolute Gasteiger partial charge is 0.123 e. The van der Waals surface area contributed by atoms with E-state index in [9.17, 15) is 0 Å². The first-order valence-corrected chi connectivity index (χ1v) is 8.36. The summed E-state index contributed by atoms with van der Waals surface area (Å²) in [5.74, 6) is 0.800. The van der Waals surface area contributed by atoms with Crippen molar-refractivity contribution in [2.24, 2.45) is 5.92 Å². The SMILES string of the molecule is COCCC1CN(Cc2cnc(-c3ccc(Cl)cc3)s2)C1. The summed E-state index contributed by atoms with van der Waals surface area (Å²) in [6.45, 7) is 4.24. The Balaban J connectivity index is 1.53. The van der Waals surface area contributed by atoms with Gasteiger partial charge in [0.15, 0.2) is 0 Å². The van der Waals surface area contributed by atoms with Crippen LogP contribution >= 0.6 is 22.9 Å². The number of rotatable bonds is 6. The summed E-state index contributed by atoms with van der Waals surface area (Å²) >= 11 is 7.68. The van der Waals surface area contributed by atoms with E-state index in [1.165, 1.54) is 24.4 Å². The fourth-order valence-electron chi connectivity index (χ4n) is 2.60. The van der Waals surface area contributed by atoms with Crippen LogP contribution in [0.25, 0.3) is 10.6 Å². The monoisotopic (exact) mass is 322 g/mol. The highest BCUT2D eigenvalue weighted by molar-refractivity contribution is 7.15. The summed E-state index contributed by atoms with van der Waals surface area (Å²) in [6.07, 6.45) is 3.17. The summed E-state index contributed by atoms with van der Waals surface area (Å²) in [7, 11) is 1.77. The minimum absolute atomic E-state index is 0.762. The topological polar surface area (TPSA) is 25.4 Å². The first-order valence-electron chi connectivity index (χ1n) is 7.16. The fourth-order valence-corrected chi connectivity index (χ4v) is 3.69. The average Bonchev–Trinajstić information content (AvgIpc) is 2.90. The van der Waals surface area contributed by atoms with Crippen LogP contribution in [-0.4, -0.2) is 36.7 Å². The van der Waals surface area contributed by atoms with E-state index in [1.807, 2.05) is 30.5 Å². The van der Waals surface area contributed by atoms with Crippen molar-refractivity contribution >= 4 is 22.9 Å². The van der Waals surface area contributed by atoms with Crippen molar-refractivity contribution in [3.63, 3.8) is 0 Å². The van der Waals surface area contributed by atoms with Gasteiger partial charge in [0.2, 0.25) is 0 Å². The Kier molecular flexibility index (Phi) is 4.91. The lowest BCUT2D eigenvalue weighted by Gasteiger charge is -2.38. The first-order chi connectivity index (χ1) is 10.2. The van der Waals surface area contributed by atoms with Gasteiger partial charge in [0.1, 0.15) is 5.01 Å². The van der Waals surface area contributed by atoms with Gasteiger partial charge in [0.25, 0.3) is 0 Å². The van der Waals surface area contributed by atoms with Crippen LogP contribution in [-0.2, 0) is 11.3 Å². The number of thiazole rings is 1. The summed E-state index contributed by atoms with van der Waals surface area (Å²) in [5, 5.41) is 1.83. The number of benzene rings is 1. The molecule has 1 aliphatic rings. The highest BCUT2D eigenvalue weighted by Crippen LogP contribution is 2.29. The molecule has 2 aromatic rings. The summed E-state index contributed by atoms with van der Waals surface area (Å²) in [5.41, 5.74) is 1.14. The van der Waals surface area contributed by atoms with E-state index in [1.54, 1.807) is 18.4 Å². The van der Waals surface area contributed by atoms with Crippen LogP contribution in [0.15, 0.2) is 30.5 Å². The molecule has 112 valence electrons. The van der Waals surface area contributed by atoms with Crippen LogP contribution in [0, 0.1) is 5.92 Å². The molecular formula is C16H19ClN2OS. The molecule has 1 aliphatic heterocycles. The second kappa shape index (κ2) is 6.88. The van der Waals surface area contributed by atoms with Gasteiger partial charge in [-0.2, -0.15) is 0 Å². The molecule has 0 spiro atoms. The van der Waals surface area contributed by atoms with E-state index in [2.05, 4.69) is 9.88 Å². The van der Waals surface area contributed by atoms with Crippen LogP contribution in [0.1, 0.15) is 11.3 Å². The summed E-state index contributed by atoms with van der Waals surface area (Å²) in [4.78, 5) is 8.32. The Labute approximate surface area is 134 Å². The maximum atomic E-state index is 5.92. The van der Waals surface area contributed by atoms with Crippen LogP contribution < -0.4 is 0 Å². The zero-order chi connectivity index (χ0) is 14.7. The minimum Gasteiger partial charge on any atom is -0.385 e. The predicted molar refractivity (Wildman–Crippen MR) is 87.8 cm³/mol. The number of likely N-dealkylation sites (tertiary alicyclic amines) is 1. The molecule has 1 aromatic carbocycles. The lowest BCUT2D eigenvalue weighted by molar-refractivity contribution is 0.0640. The van der Waals surface area contributed by atoms with E-state index in [-0.39, 0.29) is 0 Å². The van der Waals surface area contributed by atoms with E-state index in [4.69, 9.17) is 16.3 Å². The molecule has 0 saturated carbocycles. The highest BCUT2D eigenvalue weighted by Gasteiger charge is 2.26. The zero-order valence-electron chi connectivity index (χ0n) is 12.1. The maximum absolute atomic E-state index is 5.92. The molecular weight excluding hydrogens is 304 g/mol. The van der Waals surface area contributed by atoms with E-state index in [0.29, 0.717) is 0 Å². The molecule has 0 aliphatic carbocycles. The Bertz CT molecular complexity index is 578. The third-order valence-corrected chi connectivity index (χ3v) is 5.07. The molecule has 2 heterocycles. The Hall–Kier alpha value is -0.940. The molecule has 1 aromatic heterocycles. The minimum atomic E-state index is 0.762. The van der Waals surface area contributed by atoms with Gasteiger partial charge < -0.3 is 4.74 Å². The normalized spacial score (nSPS) is 16.1. The lowest BCUT2D eigenvalue weighted by atomic mass is 9.97. The Morgan fingerprint density at radius 3 is 2.81 bits per heavy atom. The van der Waals surface area contributed by atoms with Gasteiger partial charge >= 0.3 is 0 Å². The predicted octanol–water partition coefficient (Wildman–Crippen LogP) is 3.93. The second-order valence-corrected chi connectivity index (χ2v) is 7.03. The van der Waals surface area contributed by atoms with Crippen molar-refractivity contribution in [3.05, 3.63) is 40.4 Å². The third-order valence-electron chi connectivity index (χ3n) is 3.79. The molecule has 3 rings (SSSR count). The van der Waals surface area contributed by atoms with Gasteiger partial charge in [-0.05, 0) is 24.5 Å². The number of aromatic nitrogens is 1. The first kappa shape index (κ1) is 15.0. The maximum Gasteiger partial charge on any atom is 0.123 e. The van der Waals surface area contributed by atoms with Crippen molar-refractivity contribution < 1.29 is 4.74 Å². The van der Waals surface area contributed by atoms with E-state index in [0.717, 1.165) is 34.7 Å². The van der Waals surface area contributed by atoms with Crippen molar-refractivity contribution in [1.29, 1.82) is 0 Å². The number of hydrogen-bond acceptors (Lipinski definition) is 4. The largest absolute Gasteiger partial charge is 0.385 e. The van der Waals surface area contributed by atoms with Gasteiger partial charge in [0.05, 0.1) is 0 Å². The molecule has 3 nitrogen and oxygen atoms in total. The number of methoxy groups -OCH3 is 1. The van der Waals surface area contributed by atoms with E-state index < -0.39 is 0 Å². The van der Waals surface area contributed by atoms with Crippen LogP contribution in [0.2, 0.25) is 5.02 Å². The molecule has 21 heavy (non-hydrogen) atoms. The Morgan fingerprint density at radius 1 is 1.33 bits per heavy atom. The van der Waals surface area contributed by atoms with Crippen molar-refractivity contribution in [3.8, 4) is 10.6 Å². The van der Waals surface area contributed by atoms with Crippen molar-refractivity contribution in [2.75, 3.05) is 26.8 Å².